The molecule has 0 spiro atoms. The Morgan fingerprint density at radius 1 is 1.12 bits per heavy atom. The number of fused-ring (bicyclic) bond motifs is 1. The van der Waals surface area contributed by atoms with Crippen LogP contribution < -0.4 is 0 Å². The van der Waals surface area contributed by atoms with Crippen LogP contribution in [0.5, 0.6) is 5.75 Å². The summed E-state index contributed by atoms with van der Waals surface area (Å²) in [6.07, 6.45) is 1.46. The summed E-state index contributed by atoms with van der Waals surface area (Å²) in [4.78, 5) is 26.7. The first-order chi connectivity index (χ1) is 16.0. The second-order valence-electron chi connectivity index (χ2n) is 10.5. The molecular weight excluding hydrogens is 464 g/mol. The van der Waals surface area contributed by atoms with E-state index in [0.717, 1.165) is 14.5 Å². The fourth-order valence-electron chi connectivity index (χ4n) is 4.61. The lowest BCUT2D eigenvalue weighted by Gasteiger charge is -2.41. The predicted octanol–water partition coefficient (Wildman–Crippen LogP) is 6.91. The third-order valence-electron chi connectivity index (χ3n) is 6.65. The first-order valence-corrected chi connectivity index (χ1v) is 13.4. The summed E-state index contributed by atoms with van der Waals surface area (Å²) < 4.78 is 8.29. The Morgan fingerprint density at radius 2 is 1.79 bits per heavy atom. The Bertz CT molecular complexity index is 1180. The summed E-state index contributed by atoms with van der Waals surface area (Å²) in [5.41, 5.74) is 1.30. The van der Waals surface area contributed by atoms with Gasteiger partial charge in [-0.1, -0.05) is 76.7 Å². The van der Waals surface area contributed by atoms with Crippen molar-refractivity contribution in [3.63, 3.8) is 0 Å². The third kappa shape index (κ3) is 4.89. The molecule has 6 heteroatoms. The van der Waals surface area contributed by atoms with Crippen LogP contribution in [0.4, 0.5) is 0 Å². The fraction of sp³-hybridized carbons (Fsp3) is 0.429. The molecule has 0 aliphatic carbocycles. The lowest BCUT2D eigenvalue weighted by molar-refractivity contribution is -0.176. The van der Waals surface area contributed by atoms with Crippen molar-refractivity contribution < 1.29 is 19.4 Å². The number of hydrogen-bond donors (Lipinski definition) is 1. The summed E-state index contributed by atoms with van der Waals surface area (Å²) in [6, 6.07) is 15.3. The molecule has 0 amide bonds. The number of ketones is 1. The van der Waals surface area contributed by atoms with E-state index < -0.39 is 16.8 Å². The minimum Gasteiger partial charge on any atom is -0.508 e. The molecule has 2 heterocycles. The maximum Gasteiger partial charge on any atom is 0.327 e. The number of benzene rings is 2. The maximum atomic E-state index is 13.4. The highest BCUT2D eigenvalue weighted by Crippen LogP contribution is 2.47. The number of thioether (sulfide) groups is 1. The first-order valence-electron chi connectivity index (χ1n) is 11.7. The maximum absolute atomic E-state index is 13.4. The summed E-state index contributed by atoms with van der Waals surface area (Å²) in [5, 5.41) is 9.88. The zero-order valence-corrected chi connectivity index (χ0v) is 22.0. The number of ether oxygens (including phenoxy) is 1. The molecule has 4 rings (SSSR count). The van der Waals surface area contributed by atoms with E-state index in [0.29, 0.717) is 12.8 Å². The number of Topliss-reactive ketones (excluding diaryl/α,β-unsaturated/α-hetero) is 1. The van der Waals surface area contributed by atoms with Gasteiger partial charge in [0.15, 0.2) is 11.0 Å². The molecule has 2 aromatic carbocycles. The number of aromatic hydroxyl groups is 1. The van der Waals surface area contributed by atoms with Gasteiger partial charge in [0.2, 0.25) is 0 Å². The average molecular weight is 497 g/mol. The van der Waals surface area contributed by atoms with E-state index in [-0.39, 0.29) is 29.3 Å². The lowest BCUT2D eigenvalue weighted by Crippen LogP contribution is -2.52. The van der Waals surface area contributed by atoms with E-state index in [9.17, 15) is 14.7 Å². The van der Waals surface area contributed by atoms with E-state index in [1.807, 2.05) is 38.1 Å². The van der Waals surface area contributed by atoms with Crippen LogP contribution in [0.2, 0.25) is 0 Å². The zero-order valence-electron chi connectivity index (χ0n) is 20.4. The number of thiophene rings is 1. The van der Waals surface area contributed by atoms with Gasteiger partial charge in [-0.15, -0.1) is 11.3 Å². The number of hydrogen-bond acceptors (Lipinski definition) is 6. The fourth-order valence-corrected chi connectivity index (χ4v) is 7.62. The predicted molar refractivity (Wildman–Crippen MR) is 140 cm³/mol. The second kappa shape index (κ2) is 9.38. The summed E-state index contributed by atoms with van der Waals surface area (Å²) in [7, 11) is 0. The molecule has 0 bridgehead atoms. The Balaban J connectivity index is 1.57. The zero-order chi connectivity index (χ0) is 24.7. The summed E-state index contributed by atoms with van der Waals surface area (Å²) in [5.74, 6) is -0.258. The van der Waals surface area contributed by atoms with E-state index in [1.54, 1.807) is 23.5 Å². The normalized spacial score (nSPS) is 21.3. The molecule has 1 aromatic heterocycles. The molecular formula is C28H32O4S2. The molecule has 1 unspecified atom stereocenters. The van der Waals surface area contributed by atoms with Crippen LogP contribution in [0.3, 0.4) is 0 Å². The molecule has 1 N–H and O–H groups in total. The first kappa shape index (κ1) is 24.8. The summed E-state index contributed by atoms with van der Waals surface area (Å²) >= 11 is 3.00. The van der Waals surface area contributed by atoms with Crippen LogP contribution in [0.15, 0.2) is 52.7 Å². The third-order valence-corrected chi connectivity index (χ3v) is 9.26. The molecule has 0 saturated carbocycles. The van der Waals surface area contributed by atoms with Gasteiger partial charge < -0.3 is 9.84 Å². The van der Waals surface area contributed by atoms with Crippen LogP contribution in [0.1, 0.15) is 58.6 Å². The van der Waals surface area contributed by atoms with E-state index in [2.05, 4.69) is 32.9 Å². The lowest BCUT2D eigenvalue weighted by atomic mass is 9.78. The second-order valence-corrected chi connectivity index (χ2v) is 12.9. The van der Waals surface area contributed by atoms with Gasteiger partial charge in [0.05, 0.1) is 4.21 Å². The molecule has 3 aromatic rings. The number of carbonyl (C=O) groups excluding carboxylic acids is 2. The Kier molecular flexibility index (Phi) is 6.85. The van der Waals surface area contributed by atoms with E-state index in [1.165, 1.54) is 22.7 Å². The van der Waals surface area contributed by atoms with Gasteiger partial charge in [-0.2, -0.15) is 0 Å². The number of phenols is 1. The van der Waals surface area contributed by atoms with Crippen molar-refractivity contribution in [2.24, 2.45) is 5.92 Å². The number of carbonyl (C=O) groups is 2. The van der Waals surface area contributed by atoms with Crippen LogP contribution in [0.25, 0.3) is 10.1 Å². The van der Waals surface area contributed by atoms with Crippen LogP contribution >= 0.6 is 23.1 Å². The van der Waals surface area contributed by atoms with Gasteiger partial charge in [-0.05, 0) is 58.9 Å². The van der Waals surface area contributed by atoms with Crippen molar-refractivity contribution in [1.29, 1.82) is 0 Å². The number of cyclic esters (lactones) is 1. The van der Waals surface area contributed by atoms with Crippen LogP contribution in [-0.2, 0) is 26.2 Å². The smallest absolute Gasteiger partial charge is 0.327 e. The molecule has 34 heavy (non-hydrogen) atoms. The van der Waals surface area contributed by atoms with E-state index >= 15 is 0 Å². The van der Waals surface area contributed by atoms with Crippen molar-refractivity contribution in [3.05, 3.63) is 59.7 Å². The van der Waals surface area contributed by atoms with Gasteiger partial charge >= 0.3 is 5.97 Å². The highest BCUT2D eigenvalue weighted by Gasteiger charge is 2.49. The van der Waals surface area contributed by atoms with Crippen molar-refractivity contribution in [2.75, 3.05) is 0 Å². The molecule has 1 saturated heterocycles. The highest BCUT2D eigenvalue weighted by atomic mass is 32.2. The molecule has 4 nitrogen and oxygen atoms in total. The van der Waals surface area contributed by atoms with E-state index in [4.69, 9.17) is 4.74 Å². The number of phenolic OH excluding ortho intramolecular Hbond substituents is 1. The van der Waals surface area contributed by atoms with Gasteiger partial charge in [0, 0.05) is 11.1 Å². The molecule has 0 radical (unpaired) electrons. The highest BCUT2D eigenvalue weighted by molar-refractivity contribution is 8.03. The van der Waals surface area contributed by atoms with Crippen molar-refractivity contribution in [2.45, 2.75) is 74.4 Å². The molecule has 2 atom stereocenters. The SMILES string of the molecule is CC(C)[C@]1(CCc2ccc(O)cc2)CC(=O)C(Sc2sc3ccccc3c2C(C)(C)C)C(=O)O1. The Morgan fingerprint density at radius 3 is 2.41 bits per heavy atom. The van der Waals surface area contributed by atoms with Crippen molar-refractivity contribution in [3.8, 4) is 5.75 Å². The van der Waals surface area contributed by atoms with Crippen molar-refractivity contribution in [1.82, 2.24) is 0 Å². The molecule has 1 aliphatic heterocycles. The number of esters is 1. The van der Waals surface area contributed by atoms with Gasteiger partial charge in [-0.3, -0.25) is 9.59 Å². The number of rotatable bonds is 6. The Labute approximate surface area is 209 Å². The monoisotopic (exact) mass is 496 g/mol. The standard InChI is InChI=1S/C28H32O4S2/c1-17(2)28(15-14-18-10-12-19(29)13-11-18)16-21(30)24(25(31)32-28)34-26-23(27(3,4)5)20-8-6-7-9-22(20)33-26/h6-13,17,24,29H,14-16H2,1-5H3/t24?,28-/m0/s1. The van der Waals surface area contributed by atoms with Gasteiger partial charge in [0.25, 0.3) is 0 Å². The summed E-state index contributed by atoms with van der Waals surface area (Å²) in [6.45, 7) is 10.5. The number of aryl methyl sites for hydroxylation is 1. The largest absolute Gasteiger partial charge is 0.508 e. The van der Waals surface area contributed by atoms with Gasteiger partial charge in [0.1, 0.15) is 11.4 Å². The topological polar surface area (TPSA) is 63.6 Å². The quantitative estimate of drug-likeness (QED) is 0.297. The van der Waals surface area contributed by atoms with Gasteiger partial charge in [-0.25, -0.2) is 0 Å². The molecule has 1 fully saturated rings. The van der Waals surface area contributed by atoms with Crippen LogP contribution in [0, 0.1) is 5.92 Å². The minimum atomic E-state index is -0.838. The average Bonchev–Trinajstić information content (AvgIpc) is 3.14. The van der Waals surface area contributed by atoms with Crippen molar-refractivity contribution >= 4 is 44.9 Å². The minimum absolute atomic E-state index is 0.0120. The molecule has 1 aliphatic rings. The Hall–Kier alpha value is -2.31. The molecule has 180 valence electrons. The van der Waals surface area contributed by atoms with Crippen LogP contribution in [-0.4, -0.2) is 27.7 Å².